The number of alkyl carbamates (subject to hydrolysis) is 1. The predicted octanol–water partition coefficient (Wildman–Crippen LogP) is 2.22. The summed E-state index contributed by atoms with van der Waals surface area (Å²) in [5.41, 5.74) is 0.905. The summed E-state index contributed by atoms with van der Waals surface area (Å²) in [7, 11) is 0. The normalized spacial score (nSPS) is 11.8. The van der Waals surface area contributed by atoms with Gasteiger partial charge in [-0.2, -0.15) is 0 Å². The van der Waals surface area contributed by atoms with Crippen LogP contribution in [0.25, 0.3) is 0 Å². The quantitative estimate of drug-likeness (QED) is 0.838. The molecule has 1 unspecified atom stereocenters. The molecule has 0 fully saturated rings. The maximum Gasteiger partial charge on any atom is 0.408 e. The number of carbonyl (C=O) groups is 2. The van der Waals surface area contributed by atoms with Gasteiger partial charge in [-0.25, -0.2) is 4.79 Å². The molecule has 1 aromatic rings. The third-order valence-electron chi connectivity index (χ3n) is 2.66. The first-order valence-electron chi connectivity index (χ1n) is 6.80. The molecule has 1 aromatic carbocycles. The fourth-order valence-electron chi connectivity index (χ4n) is 1.65. The highest BCUT2D eigenvalue weighted by molar-refractivity contribution is 5.85. The van der Waals surface area contributed by atoms with Crippen LogP contribution < -0.4 is 10.6 Å². The van der Waals surface area contributed by atoms with E-state index in [0.717, 1.165) is 5.56 Å². The zero-order valence-corrected chi connectivity index (χ0v) is 12.2. The summed E-state index contributed by atoms with van der Waals surface area (Å²) >= 11 is 0. The second-order valence-electron chi connectivity index (χ2n) is 4.83. The lowest BCUT2D eigenvalue weighted by Crippen LogP contribution is -2.48. The fraction of sp³-hybridized carbons (Fsp3) is 0.467. The molecule has 110 valence electrons. The molecule has 0 spiro atoms. The number of hydrogen-bond acceptors (Lipinski definition) is 3. The molecule has 5 nitrogen and oxygen atoms in total. The largest absolute Gasteiger partial charge is 0.445 e. The highest BCUT2D eigenvalue weighted by Gasteiger charge is 2.19. The Morgan fingerprint density at radius 1 is 1.15 bits per heavy atom. The van der Waals surface area contributed by atoms with E-state index >= 15 is 0 Å². The molecule has 0 aromatic heterocycles. The van der Waals surface area contributed by atoms with Crippen LogP contribution in [0.5, 0.6) is 0 Å². The first-order chi connectivity index (χ1) is 9.52. The van der Waals surface area contributed by atoms with Gasteiger partial charge < -0.3 is 15.4 Å². The van der Waals surface area contributed by atoms with Crippen molar-refractivity contribution in [3.63, 3.8) is 0 Å². The molecule has 2 N–H and O–H groups in total. The first-order valence-corrected chi connectivity index (χ1v) is 6.80. The Morgan fingerprint density at radius 2 is 1.80 bits per heavy atom. The molecule has 0 saturated carbocycles. The second-order valence-corrected chi connectivity index (χ2v) is 4.83. The Balaban J connectivity index is 2.41. The van der Waals surface area contributed by atoms with Gasteiger partial charge in [0, 0.05) is 6.04 Å². The Kier molecular flexibility index (Phi) is 6.56. The lowest BCUT2D eigenvalue weighted by atomic mass is 10.2. The van der Waals surface area contributed by atoms with E-state index in [-0.39, 0.29) is 18.6 Å². The van der Waals surface area contributed by atoms with Crippen molar-refractivity contribution < 1.29 is 14.3 Å². The molecule has 2 amide bonds. The lowest BCUT2D eigenvalue weighted by molar-refractivity contribution is -0.123. The van der Waals surface area contributed by atoms with Crippen molar-refractivity contribution in [2.45, 2.75) is 45.9 Å². The smallest absolute Gasteiger partial charge is 0.408 e. The highest BCUT2D eigenvalue weighted by atomic mass is 16.5. The van der Waals surface area contributed by atoms with Gasteiger partial charge in [0.25, 0.3) is 0 Å². The van der Waals surface area contributed by atoms with Crippen molar-refractivity contribution in [1.82, 2.24) is 10.6 Å². The van der Waals surface area contributed by atoms with Crippen LogP contribution in [0.15, 0.2) is 30.3 Å². The predicted molar refractivity (Wildman–Crippen MR) is 77.1 cm³/mol. The molecule has 0 aliphatic rings. The van der Waals surface area contributed by atoms with Crippen LogP contribution in [0.3, 0.4) is 0 Å². The summed E-state index contributed by atoms with van der Waals surface area (Å²) in [4.78, 5) is 23.5. The third-order valence-corrected chi connectivity index (χ3v) is 2.66. The Bertz CT molecular complexity index is 432. The van der Waals surface area contributed by atoms with Gasteiger partial charge in [0.05, 0.1) is 0 Å². The van der Waals surface area contributed by atoms with Gasteiger partial charge in [0.15, 0.2) is 0 Å². The number of hydrogen-bond donors (Lipinski definition) is 2. The molecule has 1 rings (SSSR count). The summed E-state index contributed by atoms with van der Waals surface area (Å²) in [6.07, 6.45) is -0.0708. The summed E-state index contributed by atoms with van der Waals surface area (Å²) in [5, 5.41) is 5.33. The van der Waals surface area contributed by atoms with Crippen LogP contribution in [0.2, 0.25) is 0 Å². The van der Waals surface area contributed by atoms with E-state index in [2.05, 4.69) is 10.6 Å². The van der Waals surface area contributed by atoms with Crippen LogP contribution in [0, 0.1) is 0 Å². The molecule has 5 heteroatoms. The van der Waals surface area contributed by atoms with Crippen molar-refractivity contribution in [3.8, 4) is 0 Å². The van der Waals surface area contributed by atoms with Gasteiger partial charge in [-0.1, -0.05) is 37.3 Å². The van der Waals surface area contributed by atoms with E-state index in [1.54, 1.807) is 0 Å². The zero-order chi connectivity index (χ0) is 15.0. The molecule has 0 aliphatic heterocycles. The third kappa shape index (κ3) is 5.73. The zero-order valence-electron chi connectivity index (χ0n) is 12.2. The molecular formula is C15H22N2O3. The molecule has 0 bridgehead atoms. The van der Waals surface area contributed by atoms with Crippen molar-refractivity contribution in [1.29, 1.82) is 0 Å². The number of nitrogens with one attached hydrogen (secondary N) is 2. The van der Waals surface area contributed by atoms with E-state index in [1.165, 1.54) is 0 Å². The van der Waals surface area contributed by atoms with Crippen molar-refractivity contribution >= 4 is 12.0 Å². The Morgan fingerprint density at radius 3 is 2.35 bits per heavy atom. The van der Waals surface area contributed by atoms with Gasteiger partial charge in [-0.3, -0.25) is 4.79 Å². The topological polar surface area (TPSA) is 67.4 Å². The number of carbonyl (C=O) groups excluding carboxylic acids is 2. The minimum Gasteiger partial charge on any atom is -0.445 e. The molecular weight excluding hydrogens is 256 g/mol. The van der Waals surface area contributed by atoms with E-state index in [4.69, 9.17) is 4.74 Å². The van der Waals surface area contributed by atoms with Crippen molar-refractivity contribution in [2.24, 2.45) is 0 Å². The molecule has 0 heterocycles. The minimum atomic E-state index is -0.584. The van der Waals surface area contributed by atoms with Gasteiger partial charge in [0.1, 0.15) is 12.6 Å². The second kappa shape index (κ2) is 8.19. The first kappa shape index (κ1) is 16.0. The van der Waals surface area contributed by atoms with Gasteiger partial charge in [0.2, 0.25) is 5.91 Å². The van der Waals surface area contributed by atoms with Crippen molar-refractivity contribution in [2.75, 3.05) is 0 Å². The van der Waals surface area contributed by atoms with Crippen LogP contribution in [-0.4, -0.2) is 24.1 Å². The van der Waals surface area contributed by atoms with Crippen LogP contribution in [0.1, 0.15) is 32.8 Å². The van der Waals surface area contributed by atoms with E-state index in [1.807, 2.05) is 51.1 Å². The van der Waals surface area contributed by atoms with E-state index < -0.39 is 12.1 Å². The number of ether oxygens (including phenoxy) is 1. The van der Waals surface area contributed by atoms with Gasteiger partial charge in [-0.05, 0) is 25.8 Å². The summed E-state index contributed by atoms with van der Waals surface area (Å²) < 4.78 is 5.09. The SMILES string of the molecule is CCC(NC(=O)OCc1ccccc1)C(=O)NC(C)C. The standard InChI is InChI=1S/C15H22N2O3/c1-4-13(14(18)16-11(2)3)17-15(19)20-10-12-8-6-5-7-9-12/h5-9,11,13H,4,10H2,1-3H3,(H,16,18)(H,17,19). The van der Waals surface area contributed by atoms with Gasteiger partial charge >= 0.3 is 6.09 Å². The maximum absolute atomic E-state index is 11.8. The summed E-state index contributed by atoms with van der Waals surface area (Å²) in [5.74, 6) is -0.195. The number of benzene rings is 1. The van der Waals surface area contributed by atoms with Crippen LogP contribution in [-0.2, 0) is 16.1 Å². The summed E-state index contributed by atoms with van der Waals surface area (Å²) in [6, 6.07) is 8.86. The minimum absolute atomic E-state index is 0.0405. The van der Waals surface area contributed by atoms with Crippen LogP contribution >= 0.6 is 0 Å². The van der Waals surface area contributed by atoms with Crippen molar-refractivity contribution in [3.05, 3.63) is 35.9 Å². The molecule has 0 radical (unpaired) electrons. The average molecular weight is 278 g/mol. The summed E-state index contributed by atoms with van der Waals surface area (Å²) in [6.45, 7) is 5.77. The van der Waals surface area contributed by atoms with E-state index in [0.29, 0.717) is 6.42 Å². The fourth-order valence-corrected chi connectivity index (χ4v) is 1.65. The monoisotopic (exact) mass is 278 g/mol. The average Bonchev–Trinajstić information content (AvgIpc) is 2.42. The van der Waals surface area contributed by atoms with Crippen LogP contribution in [0.4, 0.5) is 4.79 Å². The molecule has 0 saturated heterocycles. The molecule has 0 aliphatic carbocycles. The highest BCUT2D eigenvalue weighted by Crippen LogP contribution is 2.01. The maximum atomic E-state index is 11.8. The number of rotatable bonds is 6. The Labute approximate surface area is 119 Å². The molecule has 20 heavy (non-hydrogen) atoms. The van der Waals surface area contributed by atoms with E-state index in [9.17, 15) is 9.59 Å². The Hall–Kier alpha value is -2.04. The van der Waals surface area contributed by atoms with Gasteiger partial charge in [-0.15, -0.1) is 0 Å². The molecule has 1 atom stereocenters. The number of amides is 2. The lowest BCUT2D eigenvalue weighted by Gasteiger charge is -2.18.